The Hall–Kier alpha value is 0.256. The molecule has 10 heavy (non-hydrogen) atoms. The van der Waals surface area contributed by atoms with E-state index in [1.807, 2.05) is 0 Å². The Morgan fingerprint density at radius 1 is 1.20 bits per heavy atom. The van der Waals surface area contributed by atoms with Crippen LogP contribution in [0.1, 0.15) is 1.43 Å². The molecule has 0 aliphatic rings. The van der Waals surface area contributed by atoms with E-state index in [-0.39, 0.29) is 52.8 Å². The Kier molecular flexibility index (Phi) is 9.49. The number of carbonyl (C=O) groups excluding carboxylic acids is 2. The molecule has 0 saturated carbocycles. The van der Waals surface area contributed by atoms with Crippen molar-refractivity contribution in [1.29, 1.82) is 0 Å². The van der Waals surface area contributed by atoms with Crippen LogP contribution in [0.25, 0.3) is 0 Å². The third kappa shape index (κ3) is 6.38. The van der Waals surface area contributed by atoms with Crippen molar-refractivity contribution in [3.05, 3.63) is 25.3 Å². The SMILES string of the molecule is C=CC(=O)OC(=O)C=C.[H-].[K+]. The smallest absolute Gasteiger partial charge is 1.00 e. The molecule has 3 nitrogen and oxygen atoms in total. The van der Waals surface area contributed by atoms with Gasteiger partial charge in [-0.3, -0.25) is 0 Å². The molecule has 0 atom stereocenters. The van der Waals surface area contributed by atoms with Crippen LogP contribution in [0.4, 0.5) is 0 Å². The molecule has 0 aliphatic heterocycles. The van der Waals surface area contributed by atoms with Gasteiger partial charge in [0.25, 0.3) is 0 Å². The van der Waals surface area contributed by atoms with Gasteiger partial charge in [-0.1, -0.05) is 13.2 Å². The number of ether oxygens (including phenoxy) is 1. The molecule has 0 spiro atoms. The molecule has 0 amide bonds. The van der Waals surface area contributed by atoms with Crippen LogP contribution in [0.2, 0.25) is 0 Å². The average molecular weight is 166 g/mol. The Morgan fingerprint density at radius 3 is 1.70 bits per heavy atom. The van der Waals surface area contributed by atoms with Crippen LogP contribution in [0.15, 0.2) is 25.3 Å². The molecule has 0 heterocycles. The van der Waals surface area contributed by atoms with Crippen LogP contribution >= 0.6 is 0 Å². The van der Waals surface area contributed by atoms with Gasteiger partial charge in [-0.05, 0) is 0 Å². The van der Waals surface area contributed by atoms with Crippen LogP contribution in [0, 0.1) is 0 Å². The van der Waals surface area contributed by atoms with Gasteiger partial charge < -0.3 is 6.16 Å². The Bertz CT molecular complexity index is 149. The zero-order valence-corrected chi connectivity index (χ0v) is 8.92. The first kappa shape index (κ1) is 12.9. The van der Waals surface area contributed by atoms with Gasteiger partial charge in [0.05, 0.1) is 0 Å². The zero-order chi connectivity index (χ0) is 7.28. The number of carbonyl (C=O) groups is 2. The van der Waals surface area contributed by atoms with Gasteiger partial charge in [0.15, 0.2) is 0 Å². The summed E-state index contributed by atoms with van der Waals surface area (Å²) in [6, 6.07) is 0. The second kappa shape index (κ2) is 7.36. The van der Waals surface area contributed by atoms with Crippen molar-refractivity contribution in [2.24, 2.45) is 0 Å². The molecule has 0 unspecified atom stereocenters. The summed E-state index contributed by atoms with van der Waals surface area (Å²) < 4.78 is 4.03. The van der Waals surface area contributed by atoms with Crippen molar-refractivity contribution in [1.82, 2.24) is 0 Å². The van der Waals surface area contributed by atoms with Gasteiger partial charge in [0.2, 0.25) is 0 Å². The molecule has 0 saturated heterocycles. The third-order valence-electron chi connectivity index (χ3n) is 0.535. The van der Waals surface area contributed by atoms with Gasteiger partial charge in [-0.25, -0.2) is 9.59 Å². The minimum atomic E-state index is -0.764. The molecule has 0 N–H and O–H groups in total. The van der Waals surface area contributed by atoms with Crippen molar-refractivity contribution < 1.29 is 67.1 Å². The quantitative estimate of drug-likeness (QED) is 0.198. The Labute approximate surface area is 103 Å². The molecule has 0 aliphatic carbocycles. The standard InChI is InChI=1S/C6H6O3.K.H/c1-3-5(7)9-6(8)4-2;;/h3-4H,1-2H2;;/q;+1;-1. The van der Waals surface area contributed by atoms with Gasteiger partial charge in [-0.2, -0.15) is 0 Å². The first-order valence-corrected chi connectivity index (χ1v) is 2.21. The second-order valence-corrected chi connectivity index (χ2v) is 1.15. The first-order chi connectivity index (χ1) is 4.20. The summed E-state index contributed by atoms with van der Waals surface area (Å²) in [6.45, 7) is 6.17. The van der Waals surface area contributed by atoms with E-state index in [0.29, 0.717) is 0 Å². The summed E-state index contributed by atoms with van der Waals surface area (Å²) in [4.78, 5) is 20.3. The van der Waals surface area contributed by atoms with Crippen molar-refractivity contribution >= 4 is 11.9 Å². The first-order valence-electron chi connectivity index (χ1n) is 2.21. The summed E-state index contributed by atoms with van der Waals surface area (Å²) in [7, 11) is 0. The number of hydrogen-bond acceptors (Lipinski definition) is 3. The van der Waals surface area contributed by atoms with Crippen LogP contribution in [-0.2, 0) is 14.3 Å². The summed E-state index contributed by atoms with van der Waals surface area (Å²) in [6.07, 6.45) is 1.81. The second-order valence-electron chi connectivity index (χ2n) is 1.15. The van der Waals surface area contributed by atoms with Gasteiger partial charge in [0.1, 0.15) is 0 Å². The van der Waals surface area contributed by atoms with Crippen LogP contribution < -0.4 is 51.4 Å². The molecule has 0 aromatic heterocycles. The average Bonchev–Trinajstić information content (AvgIpc) is 1.87. The summed E-state index contributed by atoms with van der Waals surface area (Å²) in [5, 5.41) is 0. The maximum absolute atomic E-state index is 10.2. The topological polar surface area (TPSA) is 43.4 Å². The Morgan fingerprint density at radius 2 is 1.50 bits per heavy atom. The maximum atomic E-state index is 10.2. The van der Waals surface area contributed by atoms with E-state index in [9.17, 15) is 9.59 Å². The zero-order valence-electron chi connectivity index (χ0n) is 6.79. The number of rotatable bonds is 2. The molecular formula is C6H7KO3. The van der Waals surface area contributed by atoms with Crippen molar-refractivity contribution in [2.75, 3.05) is 0 Å². The van der Waals surface area contributed by atoms with Crippen LogP contribution in [-0.4, -0.2) is 11.9 Å². The molecule has 0 aromatic carbocycles. The molecule has 0 radical (unpaired) electrons. The van der Waals surface area contributed by atoms with E-state index in [1.165, 1.54) is 0 Å². The molecule has 0 rings (SSSR count). The molecule has 50 valence electrons. The number of esters is 2. The van der Waals surface area contributed by atoms with E-state index < -0.39 is 11.9 Å². The third-order valence-corrected chi connectivity index (χ3v) is 0.535. The van der Waals surface area contributed by atoms with E-state index in [0.717, 1.165) is 12.2 Å². The van der Waals surface area contributed by atoms with E-state index in [1.54, 1.807) is 0 Å². The monoisotopic (exact) mass is 166 g/mol. The predicted octanol–water partition coefficient (Wildman–Crippen LogP) is -2.46. The van der Waals surface area contributed by atoms with Crippen molar-refractivity contribution in [3.63, 3.8) is 0 Å². The van der Waals surface area contributed by atoms with Gasteiger partial charge >= 0.3 is 63.3 Å². The van der Waals surface area contributed by atoms with E-state index in [4.69, 9.17) is 0 Å². The van der Waals surface area contributed by atoms with Crippen molar-refractivity contribution in [3.8, 4) is 0 Å². The van der Waals surface area contributed by atoms with Crippen LogP contribution in [0.5, 0.6) is 0 Å². The Balaban J connectivity index is -0.000000320. The normalized spacial score (nSPS) is 6.80. The molecular weight excluding hydrogens is 159 g/mol. The number of hydrogen-bond donors (Lipinski definition) is 0. The van der Waals surface area contributed by atoms with Gasteiger partial charge in [0, 0.05) is 12.2 Å². The fraction of sp³-hybridized carbons (Fsp3) is 0. The fourth-order valence-corrected chi connectivity index (χ4v) is 0.182. The van der Waals surface area contributed by atoms with E-state index >= 15 is 0 Å². The summed E-state index contributed by atoms with van der Waals surface area (Å²) in [5.41, 5.74) is 0. The van der Waals surface area contributed by atoms with Crippen LogP contribution in [0.3, 0.4) is 0 Å². The van der Waals surface area contributed by atoms with Gasteiger partial charge in [-0.15, -0.1) is 0 Å². The minimum absolute atomic E-state index is 0. The molecule has 0 aromatic rings. The molecule has 0 bridgehead atoms. The predicted molar refractivity (Wildman–Crippen MR) is 32.6 cm³/mol. The van der Waals surface area contributed by atoms with Crippen molar-refractivity contribution in [2.45, 2.75) is 0 Å². The van der Waals surface area contributed by atoms with E-state index in [2.05, 4.69) is 17.9 Å². The largest absolute Gasteiger partial charge is 1.00 e. The maximum Gasteiger partial charge on any atom is 1.00 e. The summed E-state index contributed by atoms with van der Waals surface area (Å²) in [5.74, 6) is -1.53. The summed E-state index contributed by atoms with van der Waals surface area (Å²) >= 11 is 0. The molecule has 0 fully saturated rings. The minimum Gasteiger partial charge on any atom is -1.00 e. The molecule has 4 heteroatoms. The fourth-order valence-electron chi connectivity index (χ4n) is 0.182.